The van der Waals surface area contributed by atoms with E-state index >= 15 is 0 Å². The van der Waals surface area contributed by atoms with E-state index in [2.05, 4.69) is 10.3 Å². The van der Waals surface area contributed by atoms with E-state index in [1.54, 1.807) is 11.3 Å². The monoisotopic (exact) mass is 440 g/mol. The molecule has 1 heterocycles. The lowest BCUT2D eigenvalue weighted by molar-refractivity contribution is -0.113. The van der Waals surface area contributed by atoms with Gasteiger partial charge in [0, 0.05) is 10.7 Å². The molecule has 0 spiro atoms. The Labute approximate surface area is 181 Å². The van der Waals surface area contributed by atoms with Gasteiger partial charge in [-0.25, -0.2) is 4.98 Å². The summed E-state index contributed by atoms with van der Waals surface area (Å²) in [4.78, 5) is 16.8. The molecule has 1 aromatic heterocycles. The third-order valence-corrected chi connectivity index (χ3v) is 6.49. The average Bonchev–Trinajstić information content (AvgIpc) is 3.16. The van der Waals surface area contributed by atoms with Crippen molar-refractivity contribution in [2.24, 2.45) is 0 Å². The number of para-hydroxylation sites is 1. The number of nitrogens with zero attached hydrogens (tertiary/aromatic N) is 1. The zero-order chi connectivity index (χ0) is 20.1. The van der Waals surface area contributed by atoms with Gasteiger partial charge in [-0.2, -0.15) is 0 Å². The Kier molecular flexibility index (Phi) is 6.34. The van der Waals surface area contributed by atoms with Crippen LogP contribution in [-0.4, -0.2) is 16.6 Å². The van der Waals surface area contributed by atoms with Crippen LogP contribution in [0, 0.1) is 0 Å². The standard InChI is InChI=1S/C22H17ClN2O2S2/c23-16-7-5-15(6-8-16)13-27-18-11-9-17(10-12-18)24-21(26)14-28-22-25-19-3-1-2-4-20(19)29-22/h1-12H,13-14H2,(H,24,26). The fourth-order valence-electron chi connectivity index (χ4n) is 2.62. The molecule has 146 valence electrons. The number of hydrogen-bond acceptors (Lipinski definition) is 5. The van der Waals surface area contributed by atoms with E-state index in [9.17, 15) is 4.79 Å². The van der Waals surface area contributed by atoms with Gasteiger partial charge >= 0.3 is 0 Å². The van der Waals surface area contributed by atoms with Crippen molar-refractivity contribution < 1.29 is 9.53 Å². The van der Waals surface area contributed by atoms with Gasteiger partial charge in [0.2, 0.25) is 5.91 Å². The number of aromatic nitrogens is 1. The van der Waals surface area contributed by atoms with Crippen LogP contribution in [0.3, 0.4) is 0 Å². The van der Waals surface area contributed by atoms with Crippen LogP contribution in [0.4, 0.5) is 5.69 Å². The number of rotatable bonds is 7. The second kappa shape index (κ2) is 9.31. The van der Waals surface area contributed by atoms with Crippen molar-refractivity contribution in [3.63, 3.8) is 0 Å². The van der Waals surface area contributed by atoms with Crippen LogP contribution in [0.25, 0.3) is 10.2 Å². The Balaban J connectivity index is 1.26. The van der Waals surface area contributed by atoms with Gasteiger partial charge < -0.3 is 10.1 Å². The van der Waals surface area contributed by atoms with Gasteiger partial charge in [-0.05, 0) is 54.1 Å². The molecule has 1 amide bonds. The number of amides is 1. The molecular weight excluding hydrogens is 424 g/mol. The number of nitrogens with one attached hydrogen (secondary N) is 1. The van der Waals surface area contributed by atoms with Crippen molar-refractivity contribution >= 4 is 56.5 Å². The van der Waals surface area contributed by atoms with E-state index in [1.807, 2.05) is 72.8 Å². The van der Waals surface area contributed by atoms with Gasteiger partial charge in [-0.1, -0.05) is 47.6 Å². The lowest BCUT2D eigenvalue weighted by Crippen LogP contribution is -2.13. The number of anilines is 1. The smallest absolute Gasteiger partial charge is 0.234 e. The molecule has 1 N–H and O–H groups in total. The molecule has 0 fully saturated rings. The van der Waals surface area contributed by atoms with Crippen molar-refractivity contribution in [3.8, 4) is 5.75 Å². The van der Waals surface area contributed by atoms with E-state index in [1.165, 1.54) is 11.8 Å². The first-order chi connectivity index (χ1) is 14.2. The van der Waals surface area contributed by atoms with Gasteiger partial charge in [0.15, 0.2) is 4.34 Å². The lowest BCUT2D eigenvalue weighted by Gasteiger charge is -2.08. The van der Waals surface area contributed by atoms with Gasteiger partial charge in [0.05, 0.1) is 16.0 Å². The predicted octanol–water partition coefficient (Wildman–Crippen LogP) is 6.26. The van der Waals surface area contributed by atoms with Gasteiger partial charge in [-0.15, -0.1) is 11.3 Å². The molecule has 0 bridgehead atoms. The number of benzene rings is 3. The Hall–Kier alpha value is -2.54. The van der Waals surface area contributed by atoms with Crippen molar-refractivity contribution in [1.82, 2.24) is 4.98 Å². The van der Waals surface area contributed by atoms with E-state index in [0.717, 1.165) is 31.6 Å². The average molecular weight is 441 g/mol. The lowest BCUT2D eigenvalue weighted by atomic mass is 10.2. The minimum absolute atomic E-state index is 0.0657. The highest BCUT2D eigenvalue weighted by Crippen LogP contribution is 2.29. The molecule has 0 saturated carbocycles. The normalized spacial score (nSPS) is 10.8. The summed E-state index contributed by atoms with van der Waals surface area (Å²) >= 11 is 8.93. The molecule has 3 aromatic carbocycles. The van der Waals surface area contributed by atoms with Gasteiger partial charge in [0.1, 0.15) is 12.4 Å². The Morgan fingerprint density at radius 3 is 2.55 bits per heavy atom. The van der Waals surface area contributed by atoms with Crippen molar-refractivity contribution in [3.05, 3.63) is 83.4 Å². The van der Waals surface area contributed by atoms with Crippen molar-refractivity contribution in [2.75, 3.05) is 11.1 Å². The number of carbonyl (C=O) groups excluding carboxylic acids is 1. The second-order valence-electron chi connectivity index (χ2n) is 6.22. The zero-order valence-corrected chi connectivity index (χ0v) is 17.7. The van der Waals surface area contributed by atoms with Crippen LogP contribution in [0.2, 0.25) is 5.02 Å². The highest BCUT2D eigenvalue weighted by atomic mass is 35.5. The SMILES string of the molecule is O=C(CSc1nc2ccccc2s1)Nc1ccc(OCc2ccc(Cl)cc2)cc1. The van der Waals surface area contributed by atoms with Crippen molar-refractivity contribution in [2.45, 2.75) is 10.9 Å². The molecule has 0 saturated heterocycles. The maximum absolute atomic E-state index is 12.2. The molecule has 0 radical (unpaired) electrons. The van der Waals surface area contributed by atoms with Crippen LogP contribution in [-0.2, 0) is 11.4 Å². The van der Waals surface area contributed by atoms with Gasteiger partial charge in [0.25, 0.3) is 0 Å². The Morgan fingerprint density at radius 2 is 1.79 bits per heavy atom. The summed E-state index contributed by atoms with van der Waals surface area (Å²) in [6.45, 7) is 0.460. The molecule has 4 nitrogen and oxygen atoms in total. The summed E-state index contributed by atoms with van der Waals surface area (Å²) < 4.78 is 7.78. The predicted molar refractivity (Wildman–Crippen MR) is 121 cm³/mol. The molecule has 0 aliphatic rings. The first-order valence-electron chi connectivity index (χ1n) is 8.91. The van der Waals surface area contributed by atoms with Crippen LogP contribution in [0.1, 0.15) is 5.56 Å². The number of ether oxygens (including phenoxy) is 1. The molecule has 0 atom stereocenters. The van der Waals surface area contributed by atoms with Crippen LogP contribution < -0.4 is 10.1 Å². The molecule has 7 heteroatoms. The van der Waals surface area contributed by atoms with Crippen LogP contribution >= 0.6 is 34.7 Å². The van der Waals surface area contributed by atoms with E-state index in [4.69, 9.17) is 16.3 Å². The molecule has 4 rings (SSSR count). The largest absolute Gasteiger partial charge is 0.489 e. The minimum Gasteiger partial charge on any atom is -0.489 e. The summed E-state index contributed by atoms with van der Waals surface area (Å²) in [6.07, 6.45) is 0. The van der Waals surface area contributed by atoms with E-state index in [-0.39, 0.29) is 5.91 Å². The maximum atomic E-state index is 12.2. The number of halogens is 1. The number of carbonyl (C=O) groups is 1. The first-order valence-corrected chi connectivity index (χ1v) is 11.1. The van der Waals surface area contributed by atoms with Crippen molar-refractivity contribution in [1.29, 1.82) is 0 Å². The topological polar surface area (TPSA) is 51.2 Å². The van der Waals surface area contributed by atoms with Gasteiger partial charge in [-0.3, -0.25) is 4.79 Å². The zero-order valence-electron chi connectivity index (χ0n) is 15.3. The van der Waals surface area contributed by atoms with Crippen LogP contribution in [0.15, 0.2) is 77.1 Å². The Bertz CT molecular complexity index is 1080. The second-order valence-corrected chi connectivity index (χ2v) is 8.91. The van der Waals surface area contributed by atoms with Crippen LogP contribution in [0.5, 0.6) is 5.75 Å². The Morgan fingerprint density at radius 1 is 1.03 bits per heavy atom. The fraction of sp³-hybridized carbons (Fsp3) is 0.0909. The first kappa shape index (κ1) is 19.8. The molecular formula is C22H17ClN2O2S2. The summed E-state index contributed by atoms with van der Waals surface area (Å²) in [6, 6.07) is 22.8. The number of hydrogen-bond donors (Lipinski definition) is 1. The molecule has 0 aliphatic heterocycles. The fourth-order valence-corrected chi connectivity index (χ4v) is 4.61. The summed E-state index contributed by atoms with van der Waals surface area (Å²) in [7, 11) is 0. The number of thiazole rings is 1. The third-order valence-electron chi connectivity index (χ3n) is 4.06. The van der Waals surface area contributed by atoms with E-state index < -0.39 is 0 Å². The maximum Gasteiger partial charge on any atom is 0.234 e. The molecule has 0 aliphatic carbocycles. The summed E-state index contributed by atoms with van der Waals surface area (Å²) in [5.41, 5.74) is 2.74. The van der Waals surface area contributed by atoms with E-state index in [0.29, 0.717) is 17.4 Å². The minimum atomic E-state index is -0.0657. The summed E-state index contributed by atoms with van der Waals surface area (Å²) in [5.74, 6) is 0.986. The third kappa shape index (κ3) is 5.50. The summed E-state index contributed by atoms with van der Waals surface area (Å²) in [5, 5.41) is 3.60. The molecule has 4 aromatic rings. The number of thioether (sulfide) groups is 1. The highest BCUT2D eigenvalue weighted by Gasteiger charge is 2.08. The molecule has 0 unspecified atom stereocenters. The highest BCUT2D eigenvalue weighted by molar-refractivity contribution is 8.01. The molecule has 29 heavy (non-hydrogen) atoms. The quantitative estimate of drug-likeness (QED) is 0.344. The number of fused-ring (bicyclic) bond motifs is 1.